The minimum absolute atomic E-state index is 0.661. The second-order valence-corrected chi connectivity index (χ2v) is 5.44. The van der Waals surface area contributed by atoms with E-state index in [1.54, 1.807) is 21.3 Å². The van der Waals surface area contributed by atoms with Crippen molar-refractivity contribution in [2.75, 3.05) is 47.5 Å². The van der Waals surface area contributed by atoms with Crippen molar-refractivity contribution >= 4 is 15.9 Å². The molecule has 1 N–H and O–H groups in total. The van der Waals surface area contributed by atoms with Crippen LogP contribution in [0.15, 0.2) is 10.5 Å². The molecule has 0 saturated carbocycles. The van der Waals surface area contributed by atoms with Gasteiger partial charge in [-0.25, -0.2) is 0 Å². The van der Waals surface area contributed by atoms with Crippen LogP contribution in [0.1, 0.15) is 5.56 Å². The second kappa shape index (κ2) is 7.15. The maximum atomic E-state index is 5.53. The highest BCUT2D eigenvalue weighted by molar-refractivity contribution is 9.10. The van der Waals surface area contributed by atoms with E-state index in [0.29, 0.717) is 11.5 Å². The van der Waals surface area contributed by atoms with Crippen molar-refractivity contribution in [2.24, 2.45) is 0 Å². The molecule has 1 aliphatic heterocycles. The van der Waals surface area contributed by atoms with E-state index < -0.39 is 0 Å². The lowest BCUT2D eigenvalue weighted by atomic mass is 10.1. The molecule has 1 aliphatic rings. The summed E-state index contributed by atoms with van der Waals surface area (Å²) in [7, 11) is 4.94. The quantitative estimate of drug-likeness (QED) is 0.883. The third-order valence-corrected chi connectivity index (χ3v) is 4.17. The van der Waals surface area contributed by atoms with Crippen molar-refractivity contribution < 1.29 is 14.2 Å². The van der Waals surface area contributed by atoms with E-state index in [2.05, 4.69) is 26.1 Å². The van der Waals surface area contributed by atoms with Gasteiger partial charge in [-0.3, -0.25) is 4.90 Å². The Labute approximate surface area is 128 Å². The number of hydrogen-bond acceptors (Lipinski definition) is 5. The molecule has 0 bridgehead atoms. The molecule has 1 fully saturated rings. The number of benzene rings is 1. The Morgan fingerprint density at radius 1 is 1.10 bits per heavy atom. The molecule has 0 aliphatic carbocycles. The standard InChI is InChI=1S/C14H21BrN2O3/c1-18-11-8-10(9-17-6-4-16-5-7-17)13(19-2)12(15)14(11)20-3/h8,16H,4-7,9H2,1-3H3. The van der Waals surface area contributed by atoms with E-state index in [-0.39, 0.29) is 0 Å². The normalized spacial score (nSPS) is 16.0. The molecule has 1 aromatic carbocycles. The molecule has 0 atom stereocenters. The Morgan fingerprint density at radius 3 is 2.30 bits per heavy atom. The van der Waals surface area contributed by atoms with Crippen molar-refractivity contribution in [1.82, 2.24) is 10.2 Å². The van der Waals surface area contributed by atoms with Gasteiger partial charge < -0.3 is 19.5 Å². The van der Waals surface area contributed by atoms with E-state index in [1.165, 1.54) is 0 Å². The molecule has 20 heavy (non-hydrogen) atoms. The van der Waals surface area contributed by atoms with Crippen molar-refractivity contribution in [3.63, 3.8) is 0 Å². The molecule has 2 rings (SSSR count). The van der Waals surface area contributed by atoms with Gasteiger partial charge in [0.25, 0.3) is 0 Å². The molecule has 0 radical (unpaired) electrons. The lowest BCUT2D eigenvalue weighted by molar-refractivity contribution is 0.229. The number of ether oxygens (including phenoxy) is 3. The smallest absolute Gasteiger partial charge is 0.178 e. The summed E-state index contributed by atoms with van der Waals surface area (Å²) < 4.78 is 17.1. The zero-order valence-electron chi connectivity index (χ0n) is 12.2. The first kappa shape index (κ1) is 15.4. The molecule has 0 spiro atoms. The van der Waals surface area contributed by atoms with Gasteiger partial charge in [-0.2, -0.15) is 0 Å². The third-order valence-electron chi connectivity index (χ3n) is 3.45. The summed E-state index contributed by atoms with van der Waals surface area (Å²) in [5.74, 6) is 2.18. The first-order chi connectivity index (χ1) is 9.71. The average molecular weight is 345 g/mol. The summed E-state index contributed by atoms with van der Waals surface area (Å²) >= 11 is 3.55. The maximum absolute atomic E-state index is 5.53. The fourth-order valence-corrected chi connectivity index (χ4v) is 3.21. The fourth-order valence-electron chi connectivity index (χ4n) is 2.43. The number of nitrogens with one attached hydrogen (secondary N) is 1. The van der Waals surface area contributed by atoms with Crippen LogP contribution in [-0.4, -0.2) is 52.4 Å². The summed E-state index contributed by atoms with van der Waals surface area (Å²) in [6, 6.07) is 1.99. The van der Waals surface area contributed by atoms with Gasteiger partial charge in [0.15, 0.2) is 11.5 Å². The Kier molecular flexibility index (Phi) is 5.51. The zero-order chi connectivity index (χ0) is 14.5. The molecular formula is C14H21BrN2O3. The van der Waals surface area contributed by atoms with Crippen LogP contribution in [0.5, 0.6) is 17.2 Å². The minimum Gasteiger partial charge on any atom is -0.495 e. The Bertz CT molecular complexity index is 462. The third kappa shape index (κ3) is 3.19. The summed E-state index contributed by atoms with van der Waals surface area (Å²) in [6.45, 7) is 4.96. The highest BCUT2D eigenvalue weighted by Gasteiger charge is 2.20. The van der Waals surface area contributed by atoms with Crippen molar-refractivity contribution in [3.8, 4) is 17.2 Å². The van der Waals surface area contributed by atoms with Crippen LogP contribution in [0, 0.1) is 0 Å². The Balaban J connectivity index is 2.32. The number of piperazine rings is 1. The van der Waals surface area contributed by atoms with E-state index >= 15 is 0 Å². The second-order valence-electron chi connectivity index (χ2n) is 4.64. The van der Waals surface area contributed by atoms with Gasteiger partial charge in [0.05, 0.1) is 21.3 Å². The van der Waals surface area contributed by atoms with E-state index in [1.807, 2.05) is 6.07 Å². The molecule has 1 heterocycles. The SMILES string of the molecule is COc1cc(CN2CCNCC2)c(OC)c(Br)c1OC. The monoisotopic (exact) mass is 344 g/mol. The summed E-state index contributed by atoms with van der Waals surface area (Å²) in [4.78, 5) is 2.40. The number of halogens is 1. The number of nitrogens with zero attached hydrogens (tertiary/aromatic N) is 1. The topological polar surface area (TPSA) is 43.0 Å². The van der Waals surface area contributed by atoms with Crippen molar-refractivity contribution in [2.45, 2.75) is 6.54 Å². The Hall–Kier alpha value is -0.980. The van der Waals surface area contributed by atoms with Gasteiger partial charge in [0.1, 0.15) is 10.2 Å². The first-order valence-electron chi connectivity index (χ1n) is 6.61. The minimum atomic E-state index is 0.661. The molecule has 0 unspecified atom stereocenters. The van der Waals surface area contributed by atoms with Gasteiger partial charge in [0, 0.05) is 38.3 Å². The van der Waals surface area contributed by atoms with E-state index in [0.717, 1.165) is 48.5 Å². The predicted octanol–water partition coefficient (Wildman–Crippen LogP) is 1.88. The van der Waals surface area contributed by atoms with Crippen molar-refractivity contribution in [3.05, 3.63) is 16.1 Å². The zero-order valence-corrected chi connectivity index (χ0v) is 13.7. The first-order valence-corrected chi connectivity index (χ1v) is 7.41. The van der Waals surface area contributed by atoms with Crippen LogP contribution >= 0.6 is 15.9 Å². The van der Waals surface area contributed by atoms with E-state index in [4.69, 9.17) is 14.2 Å². The largest absolute Gasteiger partial charge is 0.495 e. The maximum Gasteiger partial charge on any atom is 0.178 e. The highest BCUT2D eigenvalue weighted by atomic mass is 79.9. The van der Waals surface area contributed by atoms with Crippen LogP contribution < -0.4 is 19.5 Å². The van der Waals surface area contributed by atoms with Gasteiger partial charge in [0.2, 0.25) is 0 Å². The molecular weight excluding hydrogens is 324 g/mol. The van der Waals surface area contributed by atoms with Crippen LogP contribution in [0.2, 0.25) is 0 Å². The summed E-state index contributed by atoms with van der Waals surface area (Å²) in [6.07, 6.45) is 0. The molecule has 112 valence electrons. The molecule has 0 amide bonds. The van der Waals surface area contributed by atoms with E-state index in [9.17, 15) is 0 Å². The van der Waals surface area contributed by atoms with Crippen LogP contribution in [0.25, 0.3) is 0 Å². The predicted molar refractivity (Wildman–Crippen MR) is 81.9 cm³/mol. The molecule has 6 heteroatoms. The van der Waals surface area contributed by atoms with Gasteiger partial charge in [-0.15, -0.1) is 0 Å². The van der Waals surface area contributed by atoms with Gasteiger partial charge >= 0.3 is 0 Å². The lowest BCUT2D eigenvalue weighted by Gasteiger charge is -2.28. The lowest BCUT2D eigenvalue weighted by Crippen LogP contribution is -2.42. The summed E-state index contributed by atoms with van der Waals surface area (Å²) in [5.41, 5.74) is 1.10. The average Bonchev–Trinajstić information content (AvgIpc) is 2.48. The van der Waals surface area contributed by atoms with Crippen LogP contribution in [-0.2, 0) is 6.54 Å². The molecule has 1 aromatic rings. The Morgan fingerprint density at radius 2 is 1.75 bits per heavy atom. The van der Waals surface area contributed by atoms with Crippen molar-refractivity contribution in [1.29, 1.82) is 0 Å². The fraction of sp³-hybridized carbons (Fsp3) is 0.571. The van der Waals surface area contributed by atoms with Gasteiger partial charge in [-0.1, -0.05) is 0 Å². The molecule has 0 aromatic heterocycles. The highest BCUT2D eigenvalue weighted by Crippen LogP contribution is 2.44. The molecule has 1 saturated heterocycles. The van der Waals surface area contributed by atoms with Crippen LogP contribution in [0.4, 0.5) is 0 Å². The molecule has 5 nitrogen and oxygen atoms in total. The van der Waals surface area contributed by atoms with Crippen LogP contribution in [0.3, 0.4) is 0 Å². The number of rotatable bonds is 5. The number of hydrogen-bond donors (Lipinski definition) is 1. The van der Waals surface area contributed by atoms with Gasteiger partial charge in [-0.05, 0) is 22.0 Å². The number of methoxy groups -OCH3 is 3. The summed E-state index contributed by atoms with van der Waals surface area (Å²) in [5, 5.41) is 3.35.